The number of ether oxygens (including phenoxy) is 1. The van der Waals surface area contributed by atoms with Crippen molar-refractivity contribution in [3.8, 4) is 0 Å². The van der Waals surface area contributed by atoms with Gasteiger partial charge in [-0.1, -0.05) is 58.4 Å². The van der Waals surface area contributed by atoms with Gasteiger partial charge in [0.2, 0.25) is 5.90 Å². The minimum atomic E-state index is -3.91. The zero-order valence-electron chi connectivity index (χ0n) is 16.8. The number of rotatable bonds is 6. The number of aliphatic hydroxyl groups excluding tert-OH is 1. The lowest BCUT2D eigenvalue weighted by Crippen LogP contribution is -2.55. The van der Waals surface area contributed by atoms with Gasteiger partial charge in [-0.3, -0.25) is 0 Å². The van der Waals surface area contributed by atoms with E-state index in [0.29, 0.717) is 18.4 Å². The van der Waals surface area contributed by atoms with E-state index in [4.69, 9.17) is 4.74 Å². The van der Waals surface area contributed by atoms with Gasteiger partial charge in [0.05, 0.1) is 0 Å². The second-order valence-corrected chi connectivity index (χ2v) is 10.8. The molecule has 0 spiro atoms. The summed E-state index contributed by atoms with van der Waals surface area (Å²) in [6.45, 7) is 5.22. The van der Waals surface area contributed by atoms with Crippen LogP contribution in [0.2, 0.25) is 0 Å². The highest BCUT2D eigenvalue weighted by molar-refractivity contribution is 9.10. The van der Waals surface area contributed by atoms with E-state index in [1.807, 2.05) is 42.5 Å². The van der Waals surface area contributed by atoms with Gasteiger partial charge >= 0.3 is 0 Å². The lowest BCUT2D eigenvalue weighted by molar-refractivity contribution is 0.0424. The molecule has 1 aliphatic heterocycles. The summed E-state index contributed by atoms with van der Waals surface area (Å²) >= 11 is 3.42. The van der Waals surface area contributed by atoms with Gasteiger partial charge in [-0.25, -0.2) is 8.42 Å². The van der Waals surface area contributed by atoms with E-state index in [1.54, 1.807) is 32.9 Å². The van der Waals surface area contributed by atoms with Crippen LogP contribution in [0.15, 0.2) is 63.5 Å². The summed E-state index contributed by atoms with van der Waals surface area (Å²) in [6.07, 6.45) is 0.803. The Kier molecular flexibility index (Phi) is 6.22. The van der Waals surface area contributed by atoms with Gasteiger partial charge in [0.1, 0.15) is 5.60 Å². The van der Waals surface area contributed by atoms with Gasteiger partial charge in [-0.2, -0.15) is 0 Å². The number of halogens is 1. The fraction of sp³-hybridized carbons (Fsp3) is 0.409. The molecule has 1 heterocycles. The van der Waals surface area contributed by atoms with Gasteiger partial charge in [0.15, 0.2) is 4.75 Å². The molecular weight excluding hydrogens is 454 g/mol. The monoisotopic (exact) mass is 479 g/mol. The van der Waals surface area contributed by atoms with Crippen LogP contribution >= 0.6 is 15.9 Å². The molecule has 1 aliphatic rings. The summed E-state index contributed by atoms with van der Waals surface area (Å²) in [5, 5.41) is 9.49. The maximum absolute atomic E-state index is 13.4. The minimum absolute atomic E-state index is 0.00125. The average molecular weight is 480 g/mol. The van der Waals surface area contributed by atoms with Gasteiger partial charge in [0.25, 0.3) is 10.0 Å². The van der Waals surface area contributed by atoms with Crippen molar-refractivity contribution < 1.29 is 18.3 Å². The first-order chi connectivity index (χ1) is 13.6. The largest absolute Gasteiger partial charge is 0.472 e. The summed E-state index contributed by atoms with van der Waals surface area (Å²) in [6, 6.07) is 16.9. The summed E-state index contributed by atoms with van der Waals surface area (Å²) < 4.78 is 36.5. The topological polar surface area (TPSA) is 76.0 Å². The van der Waals surface area contributed by atoms with Crippen LogP contribution in [0.5, 0.6) is 0 Å². The highest BCUT2D eigenvalue weighted by Gasteiger charge is 2.58. The van der Waals surface area contributed by atoms with Crippen LogP contribution < -0.4 is 0 Å². The third kappa shape index (κ3) is 4.13. The van der Waals surface area contributed by atoms with Crippen molar-refractivity contribution in [2.45, 2.75) is 49.9 Å². The van der Waals surface area contributed by atoms with Gasteiger partial charge in [-0.15, -0.1) is 4.40 Å². The number of aliphatic hydroxyl groups is 1. The first-order valence-corrected chi connectivity index (χ1v) is 11.8. The fourth-order valence-corrected chi connectivity index (χ4v) is 5.83. The van der Waals surface area contributed by atoms with Gasteiger partial charge in [0, 0.05) is 17.5 Å². The molecule has 0 aliphatic carbocycles. The van der Waals surface area contributed by atoms with E-state index in [0.717, 1.165) is 10.0 Å². The van der Waals surface area contributed by atoms with Crippen LogP contribution in [0.1, 0.15) is 50.7 Å². The van der Waals surface area contributed by atoms with Crippen LogP contribution in [0, 0.1) is 0 Å². The Bertz CT molecular complexity index is 1000. The van der Waals surface area contributed by atoms with Crippen LogP contribution in [0.4, 0.5) is 0 Å². The second kappa shape index (κ2) is 8.20. The molecule has 1 unspecified atom stereocenters. The van der Waals surface area contributed by atoms with Crippen LogP contribution in [0.25, 0.3) is 0 Å². The van der Waals surface area contributed by atoms with Crippen molar-refractivity contribution >= 4 is 31.9 Å². The van der Waals surface area contributed by atoms with Crippen molar-refractivity contribution in [1.29, 1.82) is 0 Å². The summed E-state index contributed by atoms with van der Waals surface area (Å²) in [7, 11) is -3.91. The maximum atomic E-state index is 13.4. The smallest absolute Gasteiger partial charge is 0.269 e. The first-order valence-electron chi connectivity index (χ1n) is 9.55. The number of sulfonamides is 1. The summed E-state index contributed by atoms with van der Waals surface area (Å²) in [5.74, 6) is 0.103. The molecule has 2 aromatic carbocycles. The predicted molar refractivity (Wildman–Crippen MR) is 119 cm³/mol. The molecule has 7 heteroatoms. The molecule has 0 fully saturated rings. The first kappa shape index (κ1) is 22.0. The third-order valence-electron chi connectivity index (χ3n) is 5.80. The molecule has 0 radical (unpaired) electrons. The molecule has 2 aromatic rings. The van der Waals surface area contributed by atoms with E-state index in [9.17, 15) is 13.5 Å². The standard InChI is InChI=1S/C22H26BrNO4S/c1-21(2)22(3,18-10-7-11-19(23)15-18)29(26,27)24-20(28-21)14-17(12-13-25)16-8-5-4-6-9-16/h4-11,15,17,25H,12-14H2,1-3H3/t17-,22?/m1/s1. The van der Waals surface area contributed by atoms with E-state index >= 15 is 0 Å². The Hall–Kier alpha value is -1.70. The van der Waals surface area contributed by atoms with Gasteiger partial charge < -0.3 is 9.84 Å². The van der Waals surface area contributed by atoms with E-state index in [2.05, 4.69) is 20.3 Å². The van der Waals surface area contributed by atoms with Crippen LogP contribution in [0.3, 0.4) is 0 Å². The lowest BCUT2D eigenvalue weighted by Gasteiger charge is -2.45. The molecule has 5 nitrogen and oxygen atoms in total. The van der Waals surface area contributed by atoms with Crippen molar-refractivity contribution in [3.05, 3.63) is 70.2 Å². The SMILES string of the molecule is CC1(C)OC(C[C@@H](CCO)c2ccccc2)=NS(=O)(=O)C1(C)c1cccc(Br)c1. The fourth-order valence-electron chi connectivity index (χ4n) is 3.79. The molecule has 0 aromatic heterocycles. The van der Waals surface area contributed by atoms with E-state index in [1.165, 1.54) is 0 Å². The lowest BCUT2D eigenvalue weighted by atomic mass is 9.84. The molecule has 29 heavy (non-hydrogen) atoms. The van der Waals surface area contributed by atoms with Crippen LogP contribution in [-0.4, -0.2) is 31.6 Å². The van der Waals surface area contributed by atoms with Crippen molar-refractivity contribution in [2.24, 2.45) is 4.40 Å². The van der Waals surface area contributed by atoms with Crippen molar-refractivity contribution in [2.75, 3.05) is 6.61 Å². The molecule has 0 saturated heterocycles. The summed E-state index contributed by atoms with van der Waals surface area (Å²) in [5.41, 5.74) is 0.600. The highest BCUT2D eigenvalue weighted by atomic mass is 79.9. The Labute approximate surface area is 181 Å². The second-order valence-electron chi connectivity index (χ2n) is 7.94. The van der Waals surface area contributed by atoms with E-state index in [-0.39, 0.29) is 18.4 Å². The zero-order chi connectivity index (χ0) is 21.3. The van der Waals surface area contributed by atoms with E-state index < -0.39 is 20.4 Å². The molecule has 3 rings (SSSR count). The number of hydrogen-bond acceptors (Lipinski definition) is 4. The number of benzene rings is 2. The van der Waals surface area contributed by atoms with Crippen molar-refractivity contribution in [1.82, 2.24) is 0 Å². The quantitative estimate of drug-likeness (QED) is 0.647. The normalized spacial score (nSPS) is 23.7. The molecule has 1 N–H and O–H groups in total. The predicted octanol–water partition coefficient (Wildman–Crippen LogP) is 4.76. The Morgan fingerprint density at radius 1 is 1.10 bits per heavy atom. The molecule has 0 saturated carbocycles. The Morgan fingerprint density at radius 3 is 2.38 bits per heavy atom. The highest BCUT2D eigenvalue weighted by Crippen LogP contribution is 2.47. The third-order valence-corrected chi connectivity index (χ3v) is 8.50. The van der Waals surface area contributed by atoms with Crippen molar-refractivity contribution in [3.63, 3.8) is 0 Å². The number of nitrogens with zero attached hydrogens (tertiary/aromatic N) is 1. The number of hydrogen-bond donors (Lipinski definition) is 1. The molecule has 0 amide bonds. The summed E-state index contributed by atoms with van der Waals surface area (Å²) in [4.78, 5) is 0. The molecule has 2 atom stereocenters. The molecule has 156 valence electrons. The van der Waals surface area contributed by atoms with Gasteiger partial charge in [-0.05, 0) is 56.4 Å². The van der Waals surface area contributed by atoms with Crippen LogP contribution in [-0.2, 0) is 19.5 Å². The average Bonchev–Trinajstić information content (AvgIpc) is 2.66. The zero-order valence-corrected chi connectivity index (χ0v) is 19.2. The Balaban J connectivity index is 2.01. The molecular formula is C22H26BrNO4S. The Morgan fingerprint density at radius 2 is 1.79 bits per heavy atom. The minimum Gasteiger partial charge on any atom is -0.472 e. The maximum Gasteiger partial charge on any atom is 0.269 e. The molecule has 0 bridgehead atoms.